The van der Waals surface area contributed by atoms with Crippen LogP contribution in [-0.4, -0.2) is 58.8 Å². The van der Waals surface area contributed by atoms with Crippen LogP contribution < -0.4 is 10.6 Å². The molecule has 1 aromatic heterocycles. The highest BCUT2D eigenvalue weighted by Gasteiger charge is 2.25. The van der Waals surface area contributed by atoms with Crippen LogP contribution in [0.3, 0.4) is 0 Å². The molecule has 10 nitrogen and oxygen atoms in total. The van der Waals surface area contributed by atoms with E-state index in [1.165, 1.54) is 25.8 Å². The summed E-state index contributed by atoms with van der Waals surface area (Å²) in [5.41, 5.74) is 0.00977. The van der Waals surface area contributed by atoms with E-state index >= 15 is 0 Å². The Hall–Kier alpha value is -2.49. The third-order valence-corrected chi connectivity index (χ3v) is 2.75. The van der Waals surface area contributed by atoms with Crippen molar-refractivity contribution in [2.24, 2.45) is 0 Å². The van der Waals surface area contributed by atoms with Crippen molar-refractivity contribution >= 4 is 17.9 Å². The predicted octanol–water partition coefficient (Wildman–Crippen LogP) is -0.818. The van der Waals surface area contributed by atoms with Gasteiger partial charge in [-0.15, -0.1) is 5.10 Å². The van der Waals surface area contributed by atoms with Crippen LogP contribution in [0, 0.1) is 0 Å². The van der Waals surface area contributed by atoms with Crippen LogP contribution in [0.15, 0.2) is 0 Å². The maximum absolute atomic E-state index is 11.9. The molecule has 0 radical (unpaired) electrons. The summed E-state index contributed by atoms with van der Waals surface area (Å²) in [7, 11) is 2.84. The van der Waals surface area contributed by atoms with Crippen LogP contribution in [0.2, 0.25) is 0 Å². The molecule has 0 fully saturated rings. The molecule has 21 heavy (non-hydrogen) atoms. The monoisotopic (exact) mass is 299 g/mol. The molecule has 0 saturated carbocycles. The van der Waals surface area contributed by atoms with Crippen molar-refractivity contribution < 1.29 is 24.2 Å². The van der Waals surface area contributed by atoms with Gasteiger partial charge < -0.3 is 15.2 Å². The van der Waals surface area contributed by atoms with Gasteiger partial charge >= 0.3 is 12.0 Å². The number of carboxylic acids is 1. The van der Waals surface area contributed by atoms with E-state index in [2.05, 4.69) is 20.9 Å². The molecule has 0 spiro atoms. The molecule has 1 atom stereocenters. The number of imide groups is 1. The van der Waals surface area contributed by atoms with E-state index in [4.69, 9.17) is 9.84 Å². The van der Waals surface area contributed by atoms with Gasteiger partial charge in [0.15, 0.2) is 5.69 Å². The largest absolute Gasteiger partial charge is 0.476 e. The average molecular weight is 299 g/mol. The second-order valence-electron chi connectivity index (χ2n) is 4.12. The highest BCUT2D eigenvalue weighted by Crippen LogP contribution is 2.13. The van der Waals surface area contributed by atoms with Gasteiger partial charge in [0, 0.05) is 20.6 Å². The second-order valence-corrected chi connectivity index (χ2v) is 4.12. The predicted molar refractivity (Wildman–Crippen MR) is 69.9 cm³/mol. The smallest absolute Gasteiger partial charge is 0.358 e. The zero-order valence-corrected chi connectivity index (χ0v) is 11.9. The lowest BCUT2D eigenvalue weighted by atomic mass is 10.2. The topological polar surface area (TPSA) is 135 Å². The molecular formula is C11H17N5O5. The molecular weight excluding hydrogens is 282 g/mol. The van der Waals surface area contributed by atoms with Crippen LogP contribution in [0.25, 0.3) is 0 Å². The van der Waals surface area contributed by atoms with E-state index in [9.17, 15) is 14.4 Å². The van der Waals surface area contributed by atoms with Crippen molar-refractivity contribution in [3.05, 3.63) is 11.4 Å². The van der Waals surface area contributed by atoms with Gasteiger partial charge in [-0.25, -0.2) is 14.3 Å². The number of nitrogens with zero attached hydrogens (tertiary/aromatic N) is 3. The number of carbonyl (C=O) groups excluding carboxylic acids is 2. The lowest BCUT2D eigenvalue weighted by molar-refractivity contribution is -0.123. The molecule has 10 heteroatoms. The number of amides is 3. The number of nitrogens with one attached hydrogen (secondary N) is 2. The van der Waals surface area contributed by atoms with Gasteiger partial charge in [0.2, 0.25) is 0 Å². The van der Waals surface area contributed by atoms with Crippen LogP contribution >= 0.6 is 0 Å². The quantitative estimate of drug-likeness (QED) is 0.624. The first-order valence-electron chi connectivity index (χ1n) is 6.11. The van der Waals surface area contributed by atoms with Crippen LogP contribution in [0.5, 0.6) is 0 Å². The number of rotatable bonds is 6. The summed E-state index contributed by atoms with van der Waals surface area (Å²) in [6.07, 6.45) is 0.225. The fourth-order valence-corrected chi connectivity index (χ4v) is 1.61. The van der Waals surface area contributed by atoms with Crippen molar-refractivity contribution in [2.45, 2.75) is 19.4 Å². The van der Waals surface area contributed by atoms with Crippen LogP contribution in [-0.2, 0) is 16.0 Å². The summed E-state index contributed by atoms with van der Waals surface area (Å²) < 4.78 is 6.07. The van der Waals surface area contributed by atoms with Crippen LogP contribution in [0.4, 0.5) is 4.79 Å². The number of carbonyl (C=O) groups is 3. The van der Waals surface area contributed by atoms with Crippen molar-refractivity contribution in [1.29, 1.82) is 0 Å². The highest BCUT2D eigenvalue weighted by molar-refractivity contribution is 5.96. The molecule has 0 saturated heterocycles. The number of urea groups is 1. The summed E-state index contributed by atoms with van der Waals surface area (Å²) in [6, 6.07) is -1.56. The molecule has 1 heterocycles. The molecule has 3 amide bonds. The third kappa shape index (κ3) is 3.99. The Morgan fingerprint density at radius 1 is 1.43 bits per heavy atom. The van der Waals surface area contributed by atoms with E-state index < -0.39 is 23.9 Å². The first-order valence-corrected chi connectivity index (χ1v) is 6.11. The first kappa shape index (κ1) is 16.6. The number of aromatic nitrogens is 3. The van der Waals surface area contributed by atoms with Crippen LogP contribution in [0.1, 0.15) is 29.1 Å². The van der Waals surface area contributed by atoms with Crippen molar-refractivity contribution in [3.63, 3.8) is 0 Å². The molecule has 1 unspecified atom stereocenters. The SMILES string of the molecule is CNC(=O)NC(=O)C(C)n1nnc(C(=O)O)c1CCOC. The average Bonchev–Trinajstić information content (AvgIpc) is 2.87. The Morgan fingerprint density at radius 3 is 2.62 bits per heavy atom. The van der Waals surface area contributed by atoms with Crippen molar-refractivity contribution in [2.75, 3.05) is 20.8 Å². The molecule has 0 aliphatic heterocycles. The zero-order chi connectivity index (χ0) is 16.0. The van der Waals surface area contributed by atoms with Gasteiger partial charge in [0.05, 0.1) is 12.3 Å². The van der Waals surface area contributed by atoms with E-state index in [1.54, 1.807) is 0 Å². The molecule has 0 aliphatic carbocycles. The van der Waals surface area contributed by atoms with Gasteiger partial charge in [-0.3, -0.25) is 10.1 Å². The molecule has 0 bridgehead atoms. The number of carboxylic acid groups (broad SMARTS) is 1. The number of methoxy groups -OCH3 is 1. The molecule has 3 N–H and O–H groups in total. The summed E-state index contributed by atoms with van der Waals surface area (Å²) in [5.74, 6) is -1.87. The molecule has 116 valence electrons. The number of ether oxygens (including phenoxy) is 1. The van der Waals surface area contributed by atoms with Gasteiger partial charge in [0.1, 0.15) is 6.04 Å². The number of hydrogen-bond donors (Lipinski definition) is 3. The number of aromatic carboxylic acids is 1. The van der Waals surface area contributed by atoms with Crippen molar-refractivity contribution in [1.82, 2.24) is 25.6 Å². The summed E-state index contributed by atoms with van der Waals surface area (Å²) in [4.78, 5) is 34.1. The van der Waals surface area contributed by atoms with Gasteiger partial charge in [0.25, 0.3) is 5.91 Å². The minimum Gasteiger partial charge on any atom is -0.476 e. The molecule has 1 aromatic rings. The Balaban J connectivity index is 3.02. The van der Waals surface area contributed by atoms with Gasteiger partial charge in [-0.2, -0.15) is 0 Å². The zero-order valence-electron chi connectivity index (χ0n) is 11.9. The van der Waals surface area contributed by atoms with E-state index in [1.807, 2.05) is 0 Å². The Bertz CT molecular complexity index is 541. The lowest BCUT2D eigenvalue weighted by Gasteiger charge is -2.14. The molecule has 0 aliphatic rings. The third-order valence-electron chi connectivity index (χ3n) is 2.75. The molecule has 0 aromatic carbocycles. The lowest BCUT2D eigenvalue weighted by Crippen LogP contribution is -2.41. The maximum Gasteiger partial charge on any atom is 0.358 e. The minimum atomic E-state index is -1.24. The summed E-state index contributed by atoms with van der Waals surface area (Å²) in [5, 5.41) is 20.6. The number of hydrogen-bond acceptors (Lipinski definition) is 6. The van der Waals surface area contributed by atoms with E-state index in [0.717, 1.165) is 0 Å². The van der Waals surface area contributed by atoms with E-state index in [0.29, 0.717) is 0 Å². The fraction of sp³-hybridized carbons (Fsp3) is 0.545. The summed E-state index contributed by atoms with van der Waals surface area (Å²) in [6.45, 7) is 1.73. The Labute approximate surface area is 120 Å². The first-order chi connectivity index (χ1) is 9.92. The highest BCUT2D eigenvalue weighted by atomic mass is 16.5. The summed E-state index contributed by atoms with van der Waals surface area (Å²) >= 11 is 0. The fourth-order valence-electron chi connectivity index (χ4n) is 1.61. The normalized spacial score (nSPS) is 11.8. The van der Waals surface area contributed by atoms with Crippen molar-refractivity contribution in [3.8, 4) is 0 Å². The second kappa shape index (κ2) is 7.33. The minimum absolute atomic E-state index is 0.225. The Morgan fingerprint density at radius 2 is 2.10 bits per heavy atom. The maximum atomic E-state index is 11.9. The Kier molecular flexibility index (Phi) is 5.79. The van der Waals surface area contributed by atoms with Gasteiger partial charge in [-0.05, 0) is 6.92 Å². The standard InChI is InChI=1S/C11H17N5O5/c1-6(9(17)13-11(20)12-2)16-7(4-5-21-3)8(10(18)19)14-15-16/h6H,4-5H2,1-3H3,(H,18,19)(H2,12,13,17,20). The van der Waals surface area contributed by atoms with E-state index in [-0.39, 0.29) is 24.4 Å². The molecule has 1 rings (SSSR count). The van der Waals surface area contributed by atoms with Gasteiger partial charge in [-0.1, -0.05) is 5.21 Å².